The van der Waals surface area contributed by atoms with Gasteiger partial charge in [-0.2, -0.15) is 0 Å². The maximum absolute atomic E-state index is 12.1. The van der Waals surface area contributed by atoms with Gasteiger partial charge in [-0.05, 0) is 23.3 Å². The molecular formula is C19H24N2O2Si. The van der Waals surface area contributed by atoms with Gasteiger partial charge in [0.05, 0.1) is 20.9 Å². The van der Waals surface area contributed by atoms with Crippen molar-refractivity contribution in [2.75, 3.05) is 5.32 Å². The Hall–Kier alpha value is -2.40. The van der Waals surface area contributed by atoms with Gasteiger partial charge in [0.25, 0.3) is 0 Å². The molecule has 0 radical (unpaired) electrons. The Balaban J connectivity index is 1.94. The van der Waals surface area contributed by atoms with Crippen molar-refractivity contribution in [3.8, 4) is 0 Å². The highest BCUT2D eigenvalue weighted by atomic mass is 28.3. The molecule has 0 aliphatic rings. The van der Waals surface area contributed by atoms with Crippen LogP contribution in [0, 0.1) is 0 Å². The van der Waals surface area contributed by atoms with Crippen LogP contribution in [0.3, 0.4) is 0 Å². The number of nitrogens with two attached hydrogens (primary N) is 1. The lowest BCUT2D eigenvalue weighted by atomic mass is 10.1. The molecule has 0 heterocycles. The van der Waals surface area contributed by atoms with Crippen molar-refractivity contribution < 1.29 is 9.59 Å². The Morgan fingerprint density at radius 1 is 0.875 bits per heavy atom. The second kappa shape index (κ2) is 7.44. The summed E-state index contributed by atoms with van der Waals surface area (Å²) >= 11 is 0. The van der Waals surface area contributed by atoms with Crippen LogP contribution in [0.15, 0.2) is 48.5 Å². The molecule has 0 saturated heterocycles. The third kappa shape index (κ3) is 5.35. The molecule has 2 aromatic carbocycles. The number of anilines is 1. The average Bonchev–Trinajstić information content (AvgIpc) is 2.48. The topological polar surface area (TPSA) is 72.2 Å². The SMILES string of the molecule is C[Si](C)(C)c1ccc(CC(=O)Nc2ccc(CC(N)=O)cc2)cc1. The lowest BCUT2D eigenvalue weighted by Gasteiger charge is -2.16. The fourth-order valence-electron chi connectivity index (χ4n) is 2.42. The fraction of sp³-hybridized carbons (Fsp3) is 0.263. The van der Waals surface area contributed by atoms with Gasteiger partial charge in [-0.3, -0.25) is 9.59 Å². The highest BCUT2D eigenvalue weighted by molar-refractivity contribution is 6.88. The molecule has 0 aliphatic carbocycles. The van der Waals surface area contributed by atoms with E-state index in [1.54, 1.807) is 24.3 Å². The average molecular weight is 340 g/mol. The minimum absolute atomic E-state index is 0.0570. The minimum Gasteiger partial charge on any atom is -0.369 e. The predicted octanol–water partition coefficient (Wildman–Crippen LogP) is 2.44. The summed E-state index contributed by atoms with van der Waals surface area (Å²) < 4.78 is 0. The van der Waals surface area contributed by atoms with Gasteiger partial charge in [0.15, 0.2) is 0 Å². The molecule has 0 spiro atoms. The number of nitrogens with one attached hydrogen (secondary N) is 1. The van der Waals surface area contributed by atoms with Crippen LogP contribution in [0.2, 0.25) is 19.6 Å². The van der Waals surface area contributed by atoms with E-state index >= 15 is 0 Å². The Morgan fingerprint density at radius 2 is 1.38 bits per heavy atom. The van der Waals surface area contributed by atoms with E-state index in [9.17, 15) is 9.59 Å². The molecule has 0 aromatic heterocycles. The molecule has 2 amide bonds. The van der Waals surface area contributed by atoms with Crippen LogP contribution in [-0.2, 0) is 22.4 Å². The summed E-state index contributed by atoms with van der Waals surface area (Å²) in [6, 6.07) is 15.5. The molecule has 0 bridgehead atoms. The van der Waals surface area contributed by atoms with Crippen molar-refractivity contribution in [2.45, 2.75) is 32.5 Å². The van der Waals surface area contributed by atoms with Crippen molar-refractivity contribution >= 4 is 30.8 Å². The number of hydrogen-bond acceptors (Lipinski definition) is 2. The summed E-state index contributed by atoms with van der Waals surface area (Å²) in [4.78, 5) is 23.0. The maximum Gasteiger partial charge on any atom is 0.228 e. The van der Waals surface area contributed by atoms with Crippen LogP contribution in [0.25, 0.3) is 0 Å². The van der Waals surface area contributed by atoms with E-state index in [4.69, 9.17) is 5.73 Å². The summed E-state index contributed by atoms with van der Waals surface area (Å²) in [5.74, 6) is -0.424. The Bertz CT molecular complexity index is 717. The third-order valence-electron chi connectivity index (χ3n) is 3.80. The van der Waals surface area contributed by atoms with Crippen LogP contribution < -0.4 is 16.2 Å². The highest BCUT2D eigenvalue weighted by Crippen LogP contribution is 2.11. The first kappa shape index (κ1) is 17.9. The van der Waals surface area contributed by atoms with Crippen LogP contribution in [0.1, 0.15) is 11.1 Å². The van der Waals surface area contributed by atoms with Crippen molar-refractivity contribution in [3.63, 3.8) is 0 Å². The number of benzene rings is 2. The molecule has 5 heteroatoms. The summed E-state index contributed by atoms with van der Waals surface area (Å²) in [5, 5.41) is 4.26. The Labute approximate surface area is 144 Å². The second-order valence-electron chi connectivity index (χ2n) is 7.01. The predicted molar refractivity (Wildman–Crippen MR) is 101 cm³/mol. The molecule has 2 aromatic rings. The lowest BCUT2D eigenvalue weighted by molar-refractivity contribution is -0.117. The molecule has 2 rings (SSSR count). The third-order valence-corrected chi connectivity index (χ3v) is 5.87. The highest BCUT2D eigenvalue weighted by Gasteiger charge is 2.15. The first-order valence-electron chi connectivity index (χ1n) is 8.00. The van der Waals surface area contributed by atoms with Gasteiger partial charge in [0.2, 0.25) is 11.8 Å². The quantitative estimate of drug-likeness (QED) is 0.793. The van der Waals surface area contributed by atoms with Crippen LogP contribution >= 0.6 is 0 Å². The van der Waals surface area contributed by atoms with Crippen LogP contribution in [-0.4, -0.2) is 19.9 Å². The maximum atomic E-state index is 12.1. The van der Waals surface area contributed by atoms with Crippen molar-refractivity contribution in [1.29, 1.82) is 0 Å². The number of carbonyl (C=O) groups excluding carboxylic acids is 2. The Morgan fingerprint density at radius 3 is 1.88 bits per heavy atom. The van der Waals surface area contributed by atoms with Gasteiger partial charge < -0.3 is 11.1 Å². The number of amides is 2. The van der Waals surface area contributed by atoms with Crippen LogP contribution in [0.5, 0.6) is 0 Å². The number of primary amides is 1. The molecule has 0 atom stereocenters. The van der Waals surface area contributed by atoms with E-state index in [0.717, 1.165) is 11.1 Å². The van der Waals surface area contributed by atoms with Gasteiger partial charge in [-0.1, -0.05) is 61.2 Å². The van der Waals surface area contributed by atoms with E-state index in [1.807, 2.05) is 12.1 Å². The van der Waals surface area contributed by atoms with Gasteiger partial charge in [0.1, 0.15) is 0 Å². The van der Waals surface area contributed by atoms with Gasteiger partial charge in [-0.25, -0.2) is 0 Å². The van der Waals surface area contributed by atoms with Gasteiger partial charge in [0, 0.05) is 5.69 Å². The van der Waals surface area contributed by atoms with E-state index in [2.05, 4.69) is 37.1 Å². The summed E-state index contributed by atoms with van der Waals surface area (Å²) in [6.45, 7) is 6.91. The molecule has 3 N–H and O–H groups in total. The minimum atomic E-state index is -1.31. The normalized spacial score (nSPS) is 11.1. The molecule has 0 fully saturated rings. The standard InChI is InChI=1S/C19H24N2O2Si/c1-24(2,3)17-10-6-15(7-11-17)13-19(23)21-16-8-4-14(5-9-16)12-18(20)22/h4-11H,12-13H2,1-3H3,(H2,20,22)(H,21,23). The molecule has 24 heavy (non-hydrogen) atoms. The zero-order valence-corrected chi connectivity index (χ0v) is 15.4. The van der Waals surface area contributed by atoms with Crippen LogP contribution in [0.4, 0.5) is 5.69 Å². The first-order valence-corrected chi connectivity index (χ1v) is 11.5. The molecule has 0 aliphatic heterocycles. The van der Waals surface area contributed by atoms with E-state index < -0.39 is 8.07 Å². The van der Waals surface area contributed by atoms with E-state index in [0.29, 0.717) is 12.1 Å². The monoisotopic (exact) mass is 340 g/mol. The summed E-state index contributed by atoms with van der Waals surface area (Å²) in [6.07, 6.45) is 0.548. The summed E-state index contributed by atoms with van der Waals surface area (Å²) in [7, 11) is -1.31. The zero-order chi connectivity index (χ0) is 17.7. The first-order chi connectivity index (χ1) is 11.2. The summed E-state index contributed by atoms with van der Waals surface area (Å²) in [5.41, 5.74) is 7.71. The van der Waals surface area contributed by atoms with E-state index in [-0.39, 0.29) is 18.2 Å². The van der Waals surface area contributed by atoms with Crippen molar-refractivity contribution in [2.24, 2.45) is 5.73 Å². The molecule has 126 valence electrons. The van der Waals surface area contributed by atoms with Crippen molar-refractivity contribution in [3.05, 3.63) is 59.7 Å². The molecule has 4 nitrogen and oxygen atoms in total. The fourth-order valence-corrected chi connectivity index (χ4v) is 3.59. The number of rotatable bonds is 6. The van der Waals surface area contributed by atoms with Gasteiger partial charge >= 0.3 is 0 Å². The molecule has 0 unspecified atom stereocenters. The number of hydrogen-bond donors (Lipinski definition) is 2. The van der Waals surface area contributed by atoms with E-state index in [1.165, 1.54) is 5.19 Å². The second-order valence-corrected chi connectivity index (χ2v) is 12.1. The zero-order valence-electron chi connectivity index (χ0n) is 14.4. The lowest BCUT2D eigenvalue weighted by Crippen LogP contribution is -2.37. The largest absolute Gasteiger partial charge is 0.369 e. The Kier molecular flexibility index (Phi) is 5.57. The molecule has 0 saturated carbocycles. The smallest absolute Gasteiger partial charge is 0.228 e. The number of carbonyl (C=O) groups is 2. The van der Waals surface area contributed by atoms with Crippen molar-refractivity contribution in [1.82, 2.24) is 0 Å². The molecular weight excluding hydrogens is 316 g/mol. The van der Waals surface area contributed by atoms with Gasteiger partial charge in [-0.15, -0.1) is 0 Å².